The highest BCUT2D eigenvalue weighted by molar-refractivity contribution is 7.87. The lowest BCUT2D eigenvalue weighted by molar-refractivity contribution is -0.192. The van der Waals surface area contributed by atoms with Crippen molar-refractivity contribution in [1.29, 1.82) is 0 Å². The second-order valence-corrected chi connectivity index (χ2v) is 4.72. The summed E-state index contributed by atoms with van der Waals surface area (Å²) in [5.74, 6) is -5.46. The van der Waals surface area contributed by atoms with Crippen LogP contribution in [0.3, 0.4) is 0 Å². The largest absolute Gasteiger partial charge is 0.434 e. The Morgan fingerprint density at radius 2 is 1.53 bits per heavy atom. The molecular formula is C9H10F5NO3S. The van der Waals surface area contributed by atoms with Gasteiger partial charge in [0, 0.05) is 12.4 Å². The third-order valence-corrected chi connectivity index (χ3v) is 2.70. The average molecular weight is 307 g/mol. The molecule has 10 heteroatoms. The fourth-order valence-corrected chi connectivity index (χ4v) is 1.22. The summed E-state index contributed by atoms with van der Waals surface area (Å²) in [6.07, 6.45) is 0.101. The molecule has 1 aromatic rings. The van der Waals surface area contributed by atoms with Crippen molar-refractivity contribution in [3.8, 4) is 0 Å². The molecule has 0 saturated carbocycles. The van der Waals surface area contributed by atoms with Gasteiger partial charge in [0.2, 0.25) is 0 Å². The number of rotatable bonds is 3. The molecule has 1 rings (SSSR count). The molecular weight excluding hydrogens is 297 g/mol. The fraction of sp³-hybridized carbons (Fsp3) is 0.444. The molecule has 110 valence electrons. The van der Waals surface area contributed by atoms with E-state index in [1.807, 2.05) is 18.2 Å². The van der Waals surface area contributed by atoms with Gasteiger partial charge in [-0.1, -0.05) is 6.07 Å². The Hall–Kier alpha value is -1.29. The first-order valence-electron chi connectivity index (χ1n) is 4.66. The predicted molar refractivity (Wildman–Crippen MR) is 56.2 cm³/mol. The van der Waals surface area contributed by atoms with Crippen LogP contribution < -0.4 is 0 Å². The Kier molecular flexibility index (Phi) is 5.82. The first kappa shape index (κ1) is 17.7. The minimum Gasteiger partial charge on any atom is -0.281 e. The summed E-state index contributed by atoms with van der Waals surface area (Å²) in [5, 5.41) is -5.83. The van der Waals surface area contributed by atoms with Crippen molar-refractivity contribution in [2.75, 3.05) is 0 Å². The standard InChI is InChI=1S/C5H5N.C4H5F5O3S/c1-2-4-6-5-3-1;1-2(5)3(6,7)4(8,9)13(10,11)12/h1-5H;2H,1H3,(H,10,11,12). The molecule has 1 heterocycles. The summed E-state index contributed by atoms with van der Waals surface area (Å²) < 4.78 is 87.7. The van der Waals surface area contributed by atoms with E-state index >= 15 is 0 Å². The summed E-state index contributed by atoms with van der Waals surface area (Å²) in [7, 11) is -6.33. The highest BCUT2D eigenvalue weighted by Gasteiger charge is 2.68. The maximum atomic E-state index is 12.2. The first-order valence-corrected chi connectivity index (χ1v) is 6.10. The number of aromatic nitrogens is 1. The third kappa shape index (κ3) is 4.39. The van der Waals surface area contributed by atoms with E-state index in [-0.39, 0.29) is 6.92 Å². The van der Waals surface area contributed by atoms with Gasteiger partial charge < -0.3 is 0 Å². The van der Waals surface area contributed by atoms with E-state index in [0.717, 1.165) is 0 Å². The van der Waals surface area contributed by atoms with Gasteiger partial charge in [0.15, 0.2) is 6.17 Å². The second kappa shape index (κ2) is 6.24. The lowest BCUT2D eigenvalue weighted by atomic mass is 10.2. The van der Waals surface area contributed by atoms with E-state index in [4.69, 9.17) is 4.55 Å². The molecule has 0 aliphatic heterocycles. The molecule has 0 saturated heterocycles. The van der Waals surface area contributed by atoms with Crippen molar-refractivity contribution in [2.24, 2.45) is 0 Å². The zero-order valence-electron chi connectivity index (χ0n) is 9.47. The number of hydrogen-bond donors (Lipinski definition) is 1. The van der Waals surface area contributed by atoms with E-state index in [1.54, 1.807) is 12.4 Å². The van der Waals surface area contributed by atoms with Crippen LogP contribution in [0.25, 0.3) is 0 Å². The van der Waals surface area contributed by atoms with Crippen molar-refractivity contribution in [2.45, 2.75) is 24.3 Å². The Morgan fingerprint density at radius 3 is 1.63 bits per heavy atom. The van der Waals surface area contributed by atoms with E-state index in [9.17, 15) is 30.4 Å². The van der Waals surface area contributed by atoms with Crippen molar-refractivity contribution >= 4 is 10.1 Å². The topological polar surface area (TPSA) is 67.3 Å². The van der Waals surface area contributed by atoms with Crippen LogP contribution in [0, 0.1) is 0 Å². The molecule has 0 aliphatic carbocycles. The van der Waals surface area contributed by atoms with Crippen LogP contribution in [0.15, 0.2) is 30.6 Å². The molecule has 4 nitrogen and oxygen atoms in total. The smallest absolute Gasteiger partial charge is 0.281 e. The van der Waals surface area contributed by atoms with Gasteiger partial charge in [0.25, 0.3) is 0 Å². The molecule has 0 bridgehead atoms. The molecule has 0 amide bonds. The Balaban J connectivity index is 0.000000443. The molecule has 1 N–H and O–H groups in total. The highest BCUT2D eigenvalue weighted by atomic mass is 32.2. The minimum atomic E-state index is -6.33. The van der Waals surface area contributed by atoms with Crippen molar-refractivity contribution in [3.05, 3.63) is 30.6 Å². The number of halogens is 5. The molecule has 1 aromatic heterocycles. The van der Waals surface area contributed by atoms with E-state index < -0.39 is 27.5 Å². The fourth-order valence-electron chi connectivity index (χ4n) is 0.716. The summed E-state index contributed by atoms with van der Waals surface area (Å²) in [6, 6.07) is 5.72. The average Bonchev–Trinajstić information content (AvgIpc) is 2.30. The molecule has 0 fully saturated rings. The van der Waals surface area contributed by atoms with E-state index in [2.05, 4.69) is 4.98 Å². The zero-order chi connectivity index (χ0) is 15.3. The van der Waals surface area contributed by atoms with Gasteiger partial charge in [-0.25, -0.2) is 4.39 Å². The normalized spacial score (nSPS) is 14.3. The van der Waals surface area contributed by atoms with Crippen molar-refractivity contribution < 1.29 is 34.9 Å². The van der Waals surface area contributed by atoms with Crippen LogP contribution >= 0.6 is 0 Å². The monoisotopic (exact) mass is 307 g/mol. The van der Waals surface area contributed by atoms with Crippen LogP contribution in [0.2, 0.25) is 0 Å². The summed E-state index contributed by atoms with van der Waals surface area (Å²) in [6.45, 7) is 0.0547. The van der Waals surface area contributed by atoms with Crippen LogP contribution in [0.5, 0.6) is 0 Å². The highest BCUT2D eigenvalue weighted by Crippen LogP contribution is 2.41. The second-order valence-electron chi connectivity index (χ2n) is 3.26. The minimum absolute atomic E-state index is 0.0547. The molecule has 0 aliphatic rings. The first-order chi connectivity index (χ1) is 8.44. The summed E-state index contributed by atoms with van der Waals surface area (Å²) in [4.78, 5) is 3.78. The lowest BCUT2D eigenvalue weighted by Crippen LogP contribution is -2.51. The van der Waals surface area contributed by atoms with Crippen LogP contribution in [-0.2, 0) is 10.1 Å². The Bertz CT molecular complexity index is 451. The van der Waals surface area contributed by atoms with E-state index in [1.165, 1.54) is 0 Å². The third-order valence-electron chi connectivity index (χ3n) is 1.78. The van der Waals surface area contributed by atoms with Gasteiger partial charge in [0.05, 0.1) is 0 Å². The molecule has 1 atom stereocenters. The van der Waals surface area contributed by atoms with Crippen LogP contribution in [0.1, 0.15) is 6.92 Å². The number of nitrogens with zero attached hydrogens (tertiary/aromatic N) is 1. The van der Waals surface area contributed by atoms with Gasteiger partial charge in [-0.2, -0.15) is 26.0 Å². The maximum Gasteiger partial charge on any atom is 0.434 e. The molecule has 0 aromatic carbocycles. The predicted octanol–water partition coefficient (Wildman–Crippen LogP) is 2.54. The Labute approximate surface area is 106 Å². The molecule has 0 radical (unpaired) electrons. The van der Waals surface area contributed by atoms with Gasteiger partial charge in [-0.15, -0.1) is 0 Å². The SMILES string of the molecule is CC(F)C(F)(F)C(F)(F)S(=O)(=O)O.c1ccncc1. The van der Waals surface area contributed by atoms with Crippen molar-refractivity contribution in [1.82, 2.24) is 4.98 Å². The van der Waals surface area contributed by atoms with Gasteiger partial charge in [0.1, 0.15) is 0 Å². The van der Waals surface area contributed by atoms with Crippen molar-refractivity contribution in [3.63, 3.8) is 0 Å². The molecule has 1 unspecified atom stereocenters. The van der Waals surface area contributed by atoms with Gasteiger partial charge >= 0.3 is 21.3 Å². The maximum absolute atomic E-state index is 12.2. The van der Waals surface area contributed by atoms with E-state index in [0.29, 0.717) is 0 Å². The summed E-state index contributed by atoms with van der Waals surface area (Å²) in [5.41, 5.74) is 0. The quantitative estimate of drug-likeness (QED) is 0.688. The number of pyridine rings is 1. The number of hydrogen-bond acceptors (Lipinski definition) is 3. The Morgan fingerprint density at radius 1 is 1.11 bits per heavy atom. The zero-order valence-corrected chi connectivity index (χ0v) is 10.3. The van der Waals surface area contributed by atoms with Gasteiger partial charge in [-0.05, 0) is 19.1 Å². The molecule has 19 heavy (non-hydrogen) atoms. The van der Waals surface area contributed by atoms with Gasteiger partial charge in [-0.3, -0.25) is 9.54 Å². The van der Waals surface area contributed by atoms with Crippen LogP contribution in [-0.4, -0.2) is 35.3 Å². The number of alkyl halides is 5. The van der Waals surface area contributed by atoms with Crippen LogP contribution in [0.4, 0.5) is 22.0 Å². The lowest BCUT2D eigenvalue weighted by Gasteiger charge is -2.24. The summed E-state index contributed by atoms with van der Waals surface area (Å²) >= 11 is 0. The molecule has 0 spiro atoms.